The number of hydrogen-bond acceptors (Lipinski definition) is 3. The van der Waals surface area contributed by atoms with Crippen LogP contribution in [-0.2, 0) is 4.79 Å². The quantitative estimate of drug-likeness (QED) is 0.918. The van der Waals surface area contributed by atoms with Crippen molar-refractivity contribution in [3.63, 3.8) is 0 Å². The van der Waals surface area contributed by atoms with Gasteiger partial charge in [0.1, 0.15) is 6.54 Å². The molecule has 1 N–H and O–H groups in total. The van der Waals surface area contributed by atoms with Crippen molar-refractivity contribution in [2.75, 3.05) is 23.0 Å². The van der Waals surface area contributed by atoms with Crippen LogP contribution in [0.1, 0.15) is 20.3 Å². The van der Waals surface area contributed by atoms with E-state index in [2.05, 4.69) is 13.8 Å². The summed E-state index contributed by atoms with van der Waals surface area (Å²) >= 11 is 7.94. The fourth-order valence-corrected chi connectivity index (χ4v) is 4.20. The number of benzene rings is 1. The van der Waals surface area contributed by atoms with Gasteiger partial charge < -0.3 is 10.0 Å². The van der Waals surface area contributed by atoms with Gasteiger partial charge in [-0.1, -0.05) is 31.5 Å². The minimum atomic E-state index is -0.807. The first-order chi connectivity index (χ1) is 9.37. The van der Waals surface area contributed by atoms with Crippen molar-refractivity contribution in [2.45, 2.75) is 26.3 Å². The topological polar surface area (TPSA) is 40.5 Å². The Balaban J connectivity index is 2.25. The van der Waals surface area contributed by atoms with Gasteiger partial charge in [0.15, 0.2) is 0 Å². The summed E-state index contributed by atoms with van der Waals surface area (Å²) in [6.07, 6.45) is 1.000. The molecule has 1 saturated heterocycles. The Bertz CT molecular complexity index is 493. The summed E-state index contributed by atoms with van der Waals surface area (Å²) in [7, 11) is 0. The third-order valence-corrected chi connectivity index (χ3v) is 5.32. The summed E-state index contributed by atoms with van der Waals surface area (Å²) in [5.74, 6) is 1.28. The van der Waals surface area contributed by atoms with E-state index in [1.807, 2.05) is 40.9 Å². The van der Waals surface area contributed by atoms with Gasteiger partial charge >= 0.3 is 5.97 Å². The molecule has 1 fully saturated rings. The third kappa shape index (κ3) is 4.06. The number of carbonyl (C=O) groups is 1. The number of anilines is 1. The highest BCUT2D eigenvalue weighted by atomic mass is 35.5. The second-order valence-electron chi connectivity index (χ2n) is 6.04. The number of nitrogens with zero attached hydrogens (tertiary/aromatic N) is 1. The van der Waals surface area contributed by atoms with E-state index in [0.29, 0.717) is 5.02 Å². The van der Waals surface area contributed by atoms with Gasteiger partial charge in [-0.25, -0.2) is 0 Å². The maximum absolute atomic E-state index is 11.2. The molecule has 1 aromatic carbocycles. The molecule has 110 valence electrons. The highest BCUT2D eigenvalue weighted by Gasteiger charge is 2.32. The monoisotopic (exact) mass is 313 g/mol. The second kappa shape index (κ2) is 6.27. The third-order valence-electron chi connectivity index (χ3n) is 3.48. The minimum Gasteiger partial charge on any atom is -0.480 e. The molecule has 0 spiro atoms. The normalized spacial score (nSPS) is 21.4. The van der Waals surface area contributed by atoms with Crippen LogP contribution in [-0.4, -0.2) is 35.2 Å². The molecule has 1 unspecified atom stereocenters. The molecule has 0 aromatic heterocycles. The first-order valence-electron chi connectivity index (χ1n) is 6.69. The summed E-state index contributed by atoms with van der Waals surface area (Å²) in [4.78, 5) is 13.2. The van der Waals surface area contributed by atoms with Crippen molar-refractivity contribution in [1.82, 2.24) is 0 Å². The fraction of sp³-hybridized carbons (Fsp3) is 0.533. The zero-order valence-corrected chi connectivity index (χ0v) is 13.4. The molecule has 0 radical (unpaired) electrons. The number of aliphatic carboxylic acids is 1. The van der Waals surface area contributed by atoms with E-state index in [9.17, 15) is 9.90 Å². The van der Waals surface area contributed by atoms with Gasteiger partial charge in [0.05, 0.1) is 0 Å². The molecule has 0 bridgehead atoms. The van der Waals surface area contributed by atoms with Crippen LogP contribution in [0.25, 0.3) is 0 Å². The summed E-state index contributed by atoms with van der Waals surface area (Å²) < 4.78 is 0. The Morgan fingerprint density at radius 3 is 2.90 bits per heavy atom. The van der Waals surface area contributed by atoms with Crippen LogP contribution in [0.3, 0.4) is 0 Å². The minimum absolute atomic E-state index is 0.0155. The maximum Gasteiger partial charge on any atom is 0.323 e. The van der Waals surface area contributed by atoms with Gasteiger partial charge in [-0.3, -0.25) is 4.79 Å². The van der Waals surface area contributed by atoms with Crippen molar-refractivity contribution in [1.29, 1.82) is 0 Å². The van der Waals surface area contributed by atoms with E-state index in [1.165, 1.54) is 0 Å². The lowest BCUT2D eigenvalue weighted by atomic mass is 9.87. The average Bonchev–Trinajstić information content (AvgIpc) is 2.34. The van der Waals surface area contributed by atoms with Crippen LogP contribution in [0.5, 0.6) is 0 Å². The van der Waals surface area contributed by atoms with E-state index in [4.69, 9.17) is 11.6 Å². The van der Waals surface area contributed by atoms with Gasteiger partial charge in [-0.2, -0.15) is 11.8 Å². The Morgan fingerprint density at radius 1 is 1.55 bits per heavy atom. The Hall–Kier alpha value is -0.870. The zero-order valence-electron chi connectivity index (χ0n) is 11.8. The number of rotatable bonds is 4. The van der Waals surface area contributed by atoms with Crippen LogP contribution < -0.4 is 4.90 Å². The molecular formula is C15H20ClNO2S. The van der Waals surface area contributed by atoms with Crippen LogP contribution in [0, 0.1) is 5.41 Å². The first-order valence-corrected chi connectivity index (χ1v) is 8.22. The van der Waals surface area contributed by atoms with E-state index in [0.717, 1.165) is 23.6 Å². The molecule has 0 saturated carbocycles. The molecule has 5 heteroatoms. The maximum atomic E-state index is 11.2. The Kier molecular flexibility index (Phi) is 4.86. The first kappa shape index (κ1) is 15.5. The van der Waals surface area contributed by atoms with Crippen LogP contribution in [0.15, 0.2) is 24.3 Å². The van der Waals surface area contributed by atoms with Gasteiger partial charge in [-0.15, -0.1) is 0 Å². The molecule has 20 heavy (non-hydrogen) atoms. The Morgan fingerprint density at radius 2 is 2.30 bits per heavy atom. The lowest BCUT2D eigenvalue weighted by molar-refractivity contribution is -0.135. The predicted octanol–water partition coefficient (Wildman–Crippen LogP) is 3.76. The molecule has 1 aliphatic heterocycles. The second-order valence-corrected chi connectivity index (χ2v) is 7.51. The van der Waals surface area contributed by atoms with Crippen LogP contribution >= 0.6 is 23.4 Å². The smallest absolute Gasteiger partial charge is 0.323 e. The molecule has 2 rings (SSSR count). The van der Waals surface area contributed by atoms with Gasteiger partial charge in [-0.05, 0) is 35.8 Å². The van der Waals surface area contributed by atoms with Crippen molar-refractivity contribution >= 4 is 35.0 Å². The van der Waals surface area contributed by atoms with Crippen molar-refractivity contribution < 1.29 is 9.90 Å². The number of hydrogen-bond donors (Lipinski definition) is 1. The van der Waals surface area contributed by atoms with Gasteiger partial charge in [0.25, 0.3) is 0 Å². The molecular weight excluding hydrogens is 294 g/mol. The summed E-state index contributed by atoms with van der Waals surface area (Å²) in [5.41, 5.74) is 1.13. The fourth-order valence-electron chi connectivity index (χ4n) is 2.66. The zero-order chi connectivity index (χ0) is 14.8. The molecule has 1 heterocycles. The molecule has 1 aliphatic rings. The molecule has 0 aliphatic carbocycles. The standard InChI is InChI=1S/C15H20ClNO2S/c1-15(2)7-13(9-20-10-15)17(8-14(18)19)12-5-3-4-11(16)6-12/h3-6,13H,7-10H2,1-2H3,(H,18,19). The van der Waals surface area contributed by atoms with E-state index < -0.39 is 5.97 Å². The van der Waals surface area contributed by atoms with E-state index in [1.54, 1.807) is 0 Å². The van der Waals surface area contributed by atoms with Crippen molar-refractivity contribution in [3.8, 4) is 0 Å². The highest BCUT2D eigenvalue weighted by molar-refractivity contribution is 7.99. The lowest BCUT2D eigenvalue weighted by Crippen LogP contribution is -2.46. The van der Waals surface area contributed by atoms with Gasteiger partial charge in [0.2, 0.25) is 0 Å². The summed E-state index contributed by atoms with van der Waals surface area (Å²) in [6, 6.07) is 7.69. The van der Waals surface area contributed by atoms with Crippen molar-refractivity contribution in [2.24, 2.45) is 5.41 Å². The molecule has 1 aromatic rings. The van der Waals surface area contributed by atoms with Crippen molar-refractivity contribution in [3.05, 3.63) is 29.3 Å². The number of thioether (sulfide) groups is 1. The average molecular weight is 314 g/mol. The lowest BCUT2D eigenvalue weighted by Gasteiger charge is -2.41. The number of carboxylic acid groups (broad SMARTS) is 1. The summed E-state index contributed by atoms with van der Waals surface area (Å²) in [5, 5.41) is 9.83. The van der Waals surface area contributed by atoms with E-state index in [-0.39, 0.29) is 18.0 Å². The number of halogens is 1. The molecule has 1 atom stereocenters. The van der Waals surface area contributed by atoms with Crippen LogP contribution in [0.4, 0.5) is 5.69 Å². The predicted molar refractivity (Wildman–Crippen MR) is 85.9 cm³/mol. The molecule has 3 nitrogen and oxygen atoms in total. The molecule has 0 amide bonds. The van der Waals surface area contributed by atoms with Crippen LogP contribution in [0.2, 0.25) is 5.02 Å². The van der Waals surface area contributed by atoms with Gasteiger partial charge in [0, 0.05) is 22.5 Å². The SMILES string of the molecule is CC1(C)CSCC(N(CC(=O)O)c2cccc(Cl)c2)C1. The summed E-state index contributed by atoms with van der Waals surface area (Å²) in [6.45, 7) is 4.49. The highest BCUT2D eigenvalue weighted by Crippen LogP contribution is 2.37. The number of carboxylic acids is 1. The largest absolute Gasteiger partial charge is 0.480 e. The Labute approximate surface area is 129 Å². The van der Waals surface area contributed by atoms with E-state index >= 15 is 0 Å².